The lowest BCUT2D eigenvalue weighted by molar-refractivity contribution is -0.384. The van der Waals surface area contributed by atoms with E-state index in [-0.39, 0.29) is 18.2 Å². The quantitative estimate of drug-likeness (QED) is 0.567. The van der Waals surface area contributed by atoms with Gasteiger partial charge in [0, 0.05) is 12.1 Å². The Hall–Kier alpha value is -3.42. The molecule has 0 atom stereocenters. The number of rotatable bonds is 4. The monoisotopic (exact) mass is 312 g/mol. The molecule has 1 heterocycles. The van der Waals surface area contributed by atoms with E-state index < -0.39 is 11.0 Å². The normalized spacial score (nSPS) is 10.4. The van der Waals surface area contributed by atoms with Crippen molar-refractivity contribution in [2.75, 3.05) is 5.32 Å². The number of non-ortho nitro benzene ring substituents is 1. The molecule has 0 radical (unpaired) electrons. The maximum absolute atomic E-state index is 11.7. The summed E-state index contributed by atoms with van der Waals surface area (Å²) in [5.74, 6) is 0.165. The van der Waals surface area contributed by atoms with Crippen molar-refractivity contribution in [1.82, 2.24) is 9.97 Å². The average molecular weight is 312 g/mol. The third-order valence-electron chi connectivity index (χ3n) is 3.11. The Kier molecular flexibility index (Phi) is 3.88. The van der Waals surface area contributed by atoms with E-state index in [2.05, 4.69) is 15.3 Å². The highest BCUT2D eigenvalue weighted by molar-refractivity contribution is 5.86. The number of ether oxygens (including phenoxy) is 1. The topological polar surface area (TPSA) is 110 Å². The number of amides is 1. The fourth-order valence-corrected chi connectivity index (χ4v) is 2.03. The second kappa shape index (κ2) is 6.14. The van der Waals surface area contributed by atoms with Crippen LogP contribution in [0.4, 0.5) is 16.4 Å². The number of nitrogens with zero attached hydrogens (tertiary/aromatic N) is 2. The molecular formula is C15H12N4O4. The van der Waals surface area contributed by atoms with E-state index in [1.54, 1.807) is 0 Å². The number of nitro groups is 1. The lowest BCUT2D eigenvalue weighted by atomic mass is 10.2. The zero-order valence-electron chi connectivity index (χ0n) is 11.9. The minimum Gasteiger partial charge on any atom is -0.444 e. The number of nitro benzene ring substituents is 1. The Morgan fingerprint density at radius 1 is 1.26 bits per heavy atom. The van der Waals surface area contributed by atoms with Gasteiger partial charge in [-0.1, -0.05) is 30.3 Å². The molecular weight excluding hydrogens is 300 g/mol. The molecule has 8 heteroatoms. The number of hydrogen-bond donors (Lipinski definition) is 2. The first-order valence-electron chi connectivity index (χ1n) is 6.74. The third-order valence-corrected chi connectivity index (χ3v) is 3.11. The first-order chi connectivity index (χ1) is 11.1. The minimum atomic E-state index is -0.664. The van der Waals surface area contributed by atoms with Crippen LogP contribution in [-0.4, -0.2) is 21.0 Å². The molecule has 0 fully saturated rings. The number of carbonyl (C=O) groups excluding carboxylic acids is 1. The van der Waals surface area contributed by atoms with Crippen LogP contribution in [0.15, 0.2) is 48.5 Å². The fraction of sp³-hybridized carbons (Fsp3) is 0.0667. The molecule has 116 valence electrons. The van der Waals surface area contributed by atoms with Crippen molar-refractivity contribution in [2.45, 2.75) is 6.61 Å². The lowest BCUT2D eigenvalue weighted by Crippen LogP contribution is -2.14. The van der Waals surface area contributed by atoms with Crippen LogP contribution in [0.25, 0.3) is 11.0 Å². The van der Waals surface area contributed by atoms with Crippen LogP contribution in [0.2, 0.25) is 0 Å². The second-order valence-electron chi connectivity index (χ2n) is 4.73. The number of nitrogens with one attached hydrogen (secondary N) is 2. The molecule has 2 N–H and O–H groups in total. The SMILES string of the molecule is O=C(Nc1nc2ccc([N+](=O)[O-])cc2[nH]1)OCc1ccccc1. The van der Waals surface area contributed by atoms with E-state index >= 15 is 0 Å². The molecule has 23 heavy (non-hydrogen) atoms. The summed E-state index contributed by atoms with van der Waals surface area (Å²) in [4.78, 5) is 28.9. The Morgan fingerprint density at radius 2 is 2.04 bits per heavy atom. The Balaban J connectivity index is 1.66. The van der Waals surface area contributed by atoms with Crippen molar-refractivity contribution < 1.29 is 14.5 Å². The maximum atomic E-state index is 11.7. The number of carbonyl (C=O) groups is 1. The number of anilines is 1. The van der Waals surface area contributed by atoms with Gasteiger partial charge in [-0.25, -0.2) is 9.78 Å². The molecule has 0 aliphatic rings. The Bertz CT molecular complexity index is 860. The predicted molar refractivity (Wildman–Crippen MR) is 83.0 cm³/mol. The zero-order valence-corrected chi connectivity index (χ0v) is 11.9. The highest BCUT2D eigenvalue weighted by Crippen LogP contribution is 2.20. The molecule has 1 aromatic heterocycles. The second-order valence-corrected chi connectivity index (χ2v) is 4.73. The van der Waals surface area contributed by atoms with Gasteiger partial charge in [0.2, 0.25) is 5.95 Å². The Morgan fingerprint density at radius 3 is 2.78 bits per heavy atom. The number of imidazole rings is 1. The highest BCUT2D eigenvalue weighted by atomic mass is 16.6. The Labute approximate surface area is 130 Å². The smallest absolute Gasteiger partial charge is 0.414 e. The number of hydrogen-bond acceptors (Lipinski definition) is 5. The van der Waals surface area contributed by atoms with E-state index in [0.717, 1.165) is 5.56 Å². The zero-order chi connectivity index (χ0) is 16.2. The molecule has 8 nitrogen and oxygen atoms in total. The predicted octanol–water partition coefficient (Wildman–Crippen LogP) is 3.22. The summed E-state index contributed by atoms with van der Waals surface area (Å²) in [6.45, 7) is 0.137. The summed E-state index contributed by atoms with van der Waals surface area (Å²) in [7, 11) is 0. The first-order valence-corrected chi connectivity index (χ1v) is 6.74. The summed E-state index contributed by atoms with van der Waals surface area (Å²) < 4.78 is 5.07. The van der Waals surface area contributed by atoms with Gasteiger partial charge in [0.1, 0.15) is 6.61 Å². The largest absolute Gasteiger partial charge is 0.444 e. The van der Waals surface area contributed by atoms with Crippen LogP contribution in [0, 0.1) is 10.1 Å². The van der Waals surface area contributed by atoms with Crippen molar-refractivity contribution in [3.8, 4) is 0 Å². The van der Waals surface area contributed by atoms with Crippen LogP contribution in [0.5, 0.6) is 0 Å². The van der Waals surface area contributed by atoms with Crippen molar-refractivity contribution >= 4 is 28.8 Å². The number of aromatic amines is 1. The van der Waals surface area contributed by atoms with Crippen LogP contribution in [-0.2, 0) is 11.3 Å². The van der Waals surface area contributed by atoms with Crippen LogP contribution >= 0.6 is 0 Å². The van der Waals surface area contributed by atoms with E-state index in [1.165, 1.54) is 18.2 Å². The van der Waals surface area contributed by atoms with Gasteiger partial charge in [0.05, 0.1) is 16.0 Å². The first kappa shape index (κ1) is 14.5. The van der Waals surface area contributed by atoms with Gasteiger partial charge in [-0.3, -0.25) is 15.4 Å². The molecule has 0 unspecified atom stereocenters. The van der Waals surface area contributed by atoms with Crippen LogP contribution < -0.4 is 5.32 Å². The van der Waals surface area contributed by atoms with E-state index in [4.69, 9.17) is 4.74 Å². The van der Waals surface area contributed by atoms with Crippen molar-refractivity contribution in [1.29, 1.82) is 0 Å². The summed E-state index contributed by atoms with van der Waals surface area (Å²) in [6.07, 6.45) is -0.664. The van der Waals surface area contributed by atoms with Gasteiger partial charge in [0.15, 0.2) is 0 Å². The van der Waals surface area contributed by atoms with Gasteiger partial charge in [0.25, 0.3) is 5.69 Å². The molecule has 1 amide bonds. The van der Waals surface area contributed by atoms with Gasteiger partial charge in [-0.05, 0) is 11.6 Å². The van der Waals surface area contributed by atoms with E-state index in [1.807, 2.05) is 30.3 Å². The highest BCUT2D eigenvalue weighted by Gasteiger charge is 2.11. The fourth-order valence-electron chi connectivity index (χ4n) is 2.03. The molecule has 0 aliphatic heterocycles. The summed E-state index contributed by atoms with van der Waals surface area (Å²) in [6, 6.07) is 13.5. The van der Waals surface area contributed by atoms with Gasteiger partial charge < -0.3 is 9.72 Å². The molecule has 0 bridgehead atoms. The summed E-state index contributed by atoms with van der Waals surface area (Å²) in [5, 5.41) is 13.2. The molecule has 2 aromatic carbocycles. The third kappa shape index (κ3) is 3.43. The van der Waals surface area contributed by atoms with E-state index in [0.29, 0.717) is 11.0 Å². The van der Waals surface area contributed by atoms with Gasteiger partial charge in [-0.2, -0.15) is 0 Å². The van der Waals surface area contributed by atoms with E-state index in [9.17, 15) is 14.9 Å². The molecule has 0 spiro atoms. The molecule has 3 rings (SSSR count). The standard InChI is InChI=1S/C15H12N4O4/c20-15(23-9-10-4-2-1-3-5-10)18-14-16-12-7-6-11(19(21)22)8-13(12)17-14/h1-8H,9H2,(H2,16,17,18,20). The van der Waals surface area contributed by atoms with Crippen LogP contribution in [0.3, 0.4) is 0 Å². The number of H-pyrrole nitrogens is 1. The maximum Gasteiger partial charge on any atom is 0.414 e. The molecule has 3 aromatic rings. The molecule has 0 aliphatic carbocycles. The lowest BCUT2D eigenvalue weighted by Gasteiger charge is -2.04. The summed E-state index contributed by atoms with van der Waals surface area (Å²) >= 11 is 0. The average Bonchev–Trinajstić information content (AvgIpc) is 2.95. The number of fused-ring (bicyclic) bond motifs is 1. The number of benzene rings is 2. The van der Waals surface area contributed by atoms with Crippen molar-refractivity contribution in [3.63, 3.8) is 0 Å². The molecule has 0 saturated carbocycles. The van der Waals surface area contributed by atoms with Crippen molar-refractivity contribution in [3.05, 3.63) is 64.2 Å². The minimum absolute atomic E-state index is 0.0562. The molecule has 0 saturated heterocycles. The number of aromatic nitrogens is 2. The van der Waals surface area contributed by atoms with Gasteiger partial charge in [-0.15, -0.1) is 0 Å². The van der Waals surface area contributed by atoms with Crippen molar-refractivity contribution in [2.24, 2.45) is 0 Å². The van der Waals surface area contributed by atoms with Gasteiger partial charge >= 0.3 is 6.09 Å². The summed E-state index contributed by atoms with van der Waals surface area (Å²) in [5.41, 5.74) is 1.77. The van der Waals surface area contributed by atoms with Crippen LogP contribution in [0.1, 0.15) is 5.56 Å².